The van der Waals surface area contributed by atoms with Crippen molar-refractivity contribution in [2.24, 2.45) is 5.73 Å². The van der Waals surface area contributed by atoms with Crippen molar-refractivity contribution in [3.63, 3.8) is 0 Å². The first-order valence-electron chi connectivity index (χ1n) is 5.42. The summed E-state index contributed by atoms with van der Waals surface area (Å²) < 4.78 is 0. The molecular formula is C12H17N3O2. The first kappa shape index (κ1) is 13.2. The van der Waals surface area contributed by atoms with E-state index in [1.807, 2.05) is 30.3 Å². The van der Waals surface area contributed by atoms with Crippen LogP contribution in [-0.4, -0.2) is 32.0 Å². The summed E-state index contributed by atoms with van der Waals surface area (Å²) >= 11 is 0. The Kier molecular flexibility index (Phi) is 5.16. The van der Waals surface area contributed by atoms with Crippen LogP contribution in [0.25, 0.3) is 0 Å². The standard InChI is InChI=1S/C12H17N3O2/c1-14-11(16)8-15-12(17)10(7-13)9-5-3-2-4-6-9/h2-6,10H,7-8,13H2,1H3,(H,14,16)(H,15,17). The molecule has 2 amide bonds. The number of nitrogens with two attached hydrogens (primary N) is 1. The van der Waals surface area contributed by atoms with Crippen molar-refractivity contribution >= 4 is 11.8 Å². The molecule has 17 heavy (non-hydrogen) atoms. The smallest absolute Gasteiger partial charge is 0.239 e. The summed E-state index contributed by atoms with van der Waals surface area (Å²) in [5.41, 5.74) is 6.43. The summed E-state index contributed by atoms with van der Waals surface area (Å²) in [4.78, 5) is 22.8. The minimum atomic E-state index is -0.416. The Morgan fingerprint density at radius 1 is 1.29 bits per heavy atom. The normalized spacial score (nSPS) is 11.6. The molecule has 0 aliphatic carbocycles. The zero-order valence-corrected chi connectivity index (χ0v) is 9.77. The second kappa shape index (κ2) is 6.65. The van der Waals surface area contributed by atoms with Crippen LogP contribution in [-0.2, 0) is 9.59 Å². The highest BCUT2D eigenvalue weighted by atomic mass is 16.2. The maximum absolute atomic E-state index is 11.8. The minimum Gasteiger partial charge on any atom is -0.358 e. The van der Waals surface area contributed by atoms with E-state index < -0.39 is 5.92 Å². The predicted octanol–water partition coefficient (Wildman–Crippen LogP) is -0.409. The summed E-state index contributed by atoms with van der Waals surface area (Å²) in [5.74, 6) is -0.884. The zero-order chi connectivity index (χ0) is 12.7. The van der Waals surface area contributed by atoms with Crippen LogP contribution in [0.5, 0.6) is 0 Å². The Morgan fingerprint density at radius 2 is 1.94 bits per heavy atom. The Bertz CT molecular complexity index is 379. The van der Waals surface area contributed by atoms with E-state index in [9.17, 15) is 9.59 Å². The van der Waals surface area contributed by atoms with Crippen LogP contribution in [0, 0.1) is 0 Å². The Labute approximate surface area is 100 Å². The van der Waals surface area contributed by atoms with Gasteiger partial charge in [0.1, 0.15) is 0 Å². The van der Waals surface area contributed by atoms with Gasteiger partial charge in [0, 0.05) is 13.6 Å². The molecule has 0 radical (unpaired) electrons. The number of hydrogen-bond acceptors (Lipinski definition) is 3. The number of rotatable bonds is 5. The fourth-order valence-electron chi connectivity index (χ4n) is 1.46. The van der Waals surface area contributed by atoms with Gasteiger partial charge in [-0.3, -0.25) is 9.59 Å². The molecule has 1 aromatic rings. The van der Waals surface area contributed by atoms with Gasteiger partial charge >= 0.3 is 0 Å². The van der Waals surface area contributed by atoms with E-state index in [2.05, 4.69) is 10.6 Å². The first-order valence-corrected chi connectivity index (χ1v) is 5.42. The maximum atomic E-state index is 11.8. The molecule has 0 heterocycles. The zero-order valence-electron chi connectivity index (χ0n) is 9.77. The largest absolute Gasteiger partial charge is 0.358 e. The number of nitrogens with one attached hydrogen (secondary N) is 2. The van der Waals surface area contributed by atoms with Gasteiger partial charge in [-0.2, -0.15) is 0 Å². The molecule has 0 spiro atoms. The molecule has 0 bridgehead atoms. The lowest BCUT2D eigenvalue weighted by molar-refractivity contribution is -0.126. The molecule has 5 nitrogen and oxygen atoms in total. The number of carbonyl (C=O) groups is 2. The summed E-state index contributed by atoms with van der Waals surface area (Å²) in [7, 11) is 1.52. The minimum absolute atomic E-state index is 0.0291. The van der Waals surface area contributed by atoms with Gasteiger partial charge < -0.3 is 16.4 Å². The van der Waals surface area contributed by atoms with Crippen LogP contribution in [0.1, 0.15) is 11.5 Å². The van der Waals surface area contributed by atoms with Crippen LogP contribution in [0.4, 0.5) is 0 Å². The maximum Gasteiger partial charge on any atom is 0.239 e. The van der Waals surface area contributed by atoms with Crippen molar-refractivity contribution in [1.29, 1.82) is 0 Å². The molecule has 1 rings (SSSR count). The second-order valence-electron chi connectivity index (χ2n) is 3.59. The molecular weight excluding hydrogens is 218 g/mol. The van der Waals surface area contributed by atoms with E-state index in [1.165, 1.54) is 7.05 Å². The van der Waals surface area contributed by atoms with Crippen molar-refractivity contribution in [2.75, 3.05) is 20.1 Å². The van der Waals surface area contributed by atoms with Gasteiger partial charge in [-0.15, -0.1) is 0 Å². The number of benzene rings is 1. The van der Waals surface area contributed by atoms with Gasteiger partial charge in [-0.25, -0.2) is 0 Å². The number of hydrogen-bond donors (Lipinski definition) is 3. The fourth-order valence-corrected chi connectivity index (χ4v) is 1.46. The van der Waals surface area contributed by atoms with E-state index in [0.717, 1.165) is 5.56 Å². The average molecular weight is 235 g/mol. The lowest BCUT2D eigenvalue weighted by Crippen LogP contribution is -2.39. The van der Waals surface area contributed by atoms with Crippen LogP contribution in [0.3, 0.4) is 0 Å². The van der Waals surface area contributed by atoms with Crippen molar-refractivity contribution in [3.8, 4) is 0 Å². The topological polar surface area (TPSA) is 84.2 Å². The predicted molar refractivity (Wildman–Crippen MR) is 65.3 cm³/mol. The van der Waals surface area contributed by atoms with Crippen molar-refractivity contribution < 1.29 is 9.59 Å². The molecule has 0 saturated carbocycles. The van der Waals surface area contributed by atoms with E-state index in [-0.39, 0.29) is 24.9 Å². The van der Waals surface area contributed by atoms with Gasteiger partial charge in [0.25, 0.3) is 0 Å². The van der Waals surface area contributed by atoms with Crippen LogP contribution in [0.2, 0.25) is 0 Å². The highest BCUT2D eigenvalue weighted by molar-refractivity contribution is 5.88. The van der Waals surface area contributed by atoms with E-state index >= 15 is 0 Å². The molecule has 5 heteroatoms. The third-order valence-corrected chi connectivity index (χ3v) is 2.46. The highest BCUT2D eigenvalue weighted by Crippen LogP contribution is 2.13. The summed E-state index contributed by atoms with van der Waals surface area (Å²) in [6.45, 7) is 0.183. The van der Waals surface area contributed by atoms with E-state index in [1.54, 1.807) is 0 Å². The second-order valence-corrected chi connectivity index (χ2v) is 3.59. The Balaban J connectivity index is 2.62. The molecule has 0 saturated heterocycles. The molecule has 1 aromatic carbocycles. The molecule has 0 aliphatic rings. The molecule has 1 atom stereocenters. The third-order valence-electron chi connectivity index (χ3n) is 2.46. The average Bonchev–Trinajstić information content (AvgIpc) is 2.38. The molecule has 1 unspecified atom stereocenters. The molecule has 0 aliphatic heterocycles. The Morgan fingerprint density at radius 3 is 2.47 bits per heavy atom. The van der Waals surface area contributed by atoms with Crippen molar-refractivity contribution in [3.05, 3.63) is 35.9 Å². The summed E-state index contributed by atoms with van der Waals surface area (Å²) in [6, 6.07) is 9.27. The summed E-state index contributed by atoms with van der Waals surface area (Å²) in [5, 5.41) is 4.98. The quantitative estimate of drug-likeness (QED) is 0.648. The number of amides is 2. The van der Waals surface area contributed by atoms with Gasteiger partial charge in [0.2, 0.25) is 11.8 Å². The monoisotopic (exact) mass is 235 g/mol. The third kappa shape index (κ3) is 3.88. The van der Waals surface area contributed by atoms with E-state index in [0.29, 0.717) is 0 Å². The number of carbonyl (C=O) groups excluding carboxylic acids is 2. The first-order chi connectivity index (χ1) is 8.19. The Hall–Kier alpha value is -1.88. The van der Waals surface area contributed by atoms with Crippen LogP contribution in [0.15, 0.2) is 30.3 Å². The fraction of sp³-hybridized carbons (Fsp3) is 0.333. The van der Waals surface area contributed by atoms with Crippen LogP contribution < -0.4 is 16.4 Å². The van der Waals surface area contributed by atoms with Gasteiger partial charge in [0.15, 0.2) is 0 Å². The molecule has 0 fully saturated rings. The lowest BCUT2D eigenvalue weighted by Gasteiger charge is -2.14. The van der Waals surface area contributed by atoms with Gasteiger partial charge in [-0.1, -0.05) is 30.3 Å². The van der Waals surface area contributed by atoms with E-state index in [4.69, 9.17) is 5.73 Å². The van der Waals surface area contributed by atoms with Crippen molar-refractivity contribution in [1.82, 2.24) is 10.6 Å². The highest BCUT2D eigenvalue weighted by Gasteiger charge is 2.18. The SMILES string of the molecule is CNC(=O)CNC(=O)C(CN)c1ccccc1. The lowest BCUT2D eigenvalue weighted by atomic mass is 9.98. The van der Waals surface area contributed by atoms with Gasteiger partial charge in [0.05, 0.1) is 12.5 Å². The van der Waals surface area contributed by atoms with Crippen molar-refractivity contribution in [2.45, 2.75) is 5.92 Å². The molecule has 4 N–H and O–H groups in total. The van der Waals surface area contributed by atoms with Crippen LogP contribution >= 0.6 is 0 Å². The molecule has 0 aromatic heterocycles. The summed E-state index contributed by atoms with van der Waals surface area (Å²) in [6.07, 6.45) is 0. The molecule has 92 valence electrons. The number of likely N-dealkylation sites (N-methyl/N-ethyl adjacent to an activating group) is 1. The van der Waals surface area contributed by atoms with Gasteiger partial charge in [-0.05, 0) is 5.56 Å².